The van der Waals surface area contributed by atoms with E-state index in [9.17, 15) is 0 Å². The summed E-state index contributed by atoms with van der Waals surface area (Å²) in [6, 6.07) is 7.29. The summed E-state index contributed by atoms with van der Waals surface area (Å²) in [5.41, 5.74) is 5.18. The van der Waals surface area contributed by atoms with Crippen molar-refractivity contribution in [3.8, 4) is 0 Å². The first-order chi connectivity index (χ1) is 11.4. The van der Waals surface area contributed by atoms with Crippen LogP contribution in [0.1, 0.15) is 96.8 Å². The number of rotatable bonds is 4. The number of hydrogen-bond donors (Lipinski definition) is 1. The number of benzene rings is 1. The van der Waals surface area contributed by atoms with Gasteiger partial charge < -0.3 is 5.11 Å². The Hall–Kier alpha value is -1.31. The molecule has 0 spiro atoms. The molecule has 0 heterocycles. The zero-order chi connectivity index (χ0) is 18.8. The first kappa shape index (κ1) is 22.7. The number of aryl methyl sites for hydroxylation is 1. The zero-order valence-electron chi connectivity index (χ0n) is 16.9. The molecule has 0 radical (unpaired) electrons. The van der Waals surface area contributed by atoms with Gasteiger partial charge in [0.25, 0.3) is 6.47 Å². The SMILES string of the molecule is CC.CCCCC1(C)c2ccc(C(C)C)cc2CCC1C.O=CO. The minimum absolute atomic E-state index is 0.250. The van der Waals surface area contributed by atoms with Gasteiger partial charge in [0, 0.05) is 0 Å². The molecule has 24 heavy (non-hydrogen) atoms. The van der Waals surface area contributed by atoms with E-state index in [0.717, 1.165) is 5.92 Å². The molecule has 1 aromatic rings. The normalized spacial score (nSPS) is 21.8. The average molecular weight is 335 g/mol. The van der Waals surface area contributed by atoms with Crippen LogP contribution >= 0.6 is 0 Å². The summed E-state index contributed by atoms with van der Waals surface area (Å²) in [4.78, 5) is 8.36. The molecule has 1 aliphatic rings. The van der Waals surface area contributed by atoms with Crippen LogP contribution in [0, 0.1) is 5.92 Å². The van der Waals surface area contributed by atoms with E-state index in [4.69, 9.17) is 9.90 Å². The van der Waals surface area contributed by atoms with Gasteiger partial charge in [-0.3, -0.25) is 4.79 Å². The second kappa shape index (κ2) is 11.3. The Kier molecular flexibility index (Phi) is 10.7. The standard InChI is InChI=1S/C19H30.C2H6.CH2O2/c1-6-7-12-19(5)15(4)8-9-17-13-16(14(2)3)10-11-18(17)19;1-2;2-1-3/h10-11,13-15H,6-9,12H2,1-5H3;1-2H3;1H,(H,2,3). The van der Waals surface area contributed by atoms with Crippen LogP contribution in [-0.2, 0) is 16.6 Å². The Labute approximate surface area is 149 Å². The molecule has 0 bridgehead atoms. The topological polar surface area (TPSA) is 37.3 Å². The van der Waals surface area contributed by atoms with Crippen LogP contribution in [0.25, 0.3) is 0 Å². The Bertz CT molecular complexity index is 479. The number of carbonyl (C=O) groups is 1. The third kappa shape index (κ3) is 5.65. The Balaban J connectivity index is 0.000000952. The number of unbranched alkanes of at least 4 members (excludes halogenated alkanes) is 1. The Morgan fingerprint density at radius 1 is 1.33 bits per heavy atom. The van der Waals surface area contributed by atoms with Crippen molar-refractivity contribution >= 4 is 6.47 Å². The molecule has 2 rings (SSSR count). The molecule has 138 valence electrons. The maximum absolute atomic E-state index is 8.36. The molecular formula is C22H38O2. The van der Waals surface area contributed by atoms with Crippen LogP contribution < -0.4 is 0 Å². The lowest BCUT2D eigenvalue weighted by Gasteiger charge is -2.42. The minimum Gasteiger partial charge on any atom is -0.483 e. The van der Waals surface area contributed by atoms with Crippen molar-refractivity contribution < 1.29 is 9.90 Å². The van der Waals surface area contributed by atoms with Crippen molar-refractivity contribution in [1.82, 2.24) is 0 Å². The molecule has 2 heteroatoms. The lowest BCUT2D eigenvalue weighted by atomic mass is 9.62. The smallest absolute Gasteiger partial charge is 0.290 e. The Morgan fingerprint density at radius 3 is 2.42 bits per heavy atom. The molecule has 0 fully saturated rings. The molecule has 0 amide bonds. The van der Waals surface area contributed by atoms with Gasteiger partial charge in [-0.05, 0) is 53.2 Å². The highest BCUT2D eigenvalue weighted by Crippen LogP contribution is 2.45. The van der Waals surface area contributed by atoms with Gasteiger partial charge in [-0.2, -0.15) is 0 Å². The van der Waals surface area contributed by atoms with Crippen LogP contribution in [-0.4, -0.2) is 11.6 Å². The fourth-order valence-electron chi connectivity index (χ4n) is 3.62. The predicted molar refractivity (Wildman–Crippen MR) is 105 cm³/mol. The summed E-state index contributed by atoms with van der Waals surface area (Å²) in [6.45, 7) is 15.6. The molecule has 2 nitrogen and oxygen atoms in total. The second-order valence-corrected chi connectivity index (χ2v) is 7.14. The second-order valence-electron chi connectivity index (χ2n) is 7.14. The lowest BCUT2D eigenvalue weighted by Crippen LogP contribution is -2.35. The molecule has 0 saturated heterocycles. The predicted octanol–water partition coefficient (Wildman–Crippen LogP) is 6.57. The summed E-state index contributed by atoms with van der Waals surface area (Å²) in [6.07, 6.45) is 6.64. The van der Waals surface area contributed by atoms with Crippen molar-refractivity contribution in [2.24, 2.45) is 5.92 Å². The van der Waals surface area contributed by atoms with E-state index in [0.29, 0.717) is 11.3 Å². The minimum atomic E-state index is -0.250. The fourth-order valence-corrected chi connectivity index (χ4v) is 3.62. The summed E-state index contributed by atoms with van der Waals surface area (Å²) in [7, 11) is 0. The third-order valence-corrected chi connectivity index (χ3v) is 5.40. The largest absolute Gasteiger partial charge is 0.483 e. The van der Waals surface area contributed by atoms with Gasteiger partial charge in [-0.15, -0.1) is 0 Å². The molecule has 2 atom stereocenters. The van der Waals surface area contributed by atoms with E-state index in [1.165, 1.54) is 37.7 Å². The molecule has 1 N–H and O–H groups in total. The van der Waals surface area contributed by atoms with Crippen LogP contribution in [0.4, 0.5) is 0 Å². The third-order valence-electron chi connectivity index (χ3n) is 5.40. The molecular weight excluding hydrogens is 296 g/mol. The van der Waals surface area contributed by atoms with Crippen LogP contribution in [0.15, 0.2) is 18.2 Å². The zero-order valence-corrected chi connectivity index (χ0v) is 16.9. The van der Waals surface area contributed by atoms with E-state index in [1.54, 1.807) is 11.1 Å². The van der Waals surface area contributed by atoms with E-state index >= 15 is 0 Å². The van der Waals surface area contributed by atoms with Crippen molar-refractivity contribution in [2.45, 2.75) is 91.9 Å². The van der Waals surface area contributed by atoms with Gasteiger partial charge in [0.15, 0.2) is 0 Å². The number of carboxylic acid groups (broad SMARTS) is 1. The van der Waals surface area contributed by atoms with Gasteiger partial charge in [0.1, 0.15) is 0 Å². The molecule has 2 unspecified atom stereocenters. The van der Waals surface area contributed by atoms with Gasteiger partial charge >= 0.3 is 0 Å². The van der Waals surface area contributed by atoms with Crippen LogP contribution in [0.2, 0.25) is 0 Å². The molecule has 0 aromatic heterocycles. The van der Waals surface area contributed by atoms with E-state index < -0.39 is 0 Å². The molecule has 0 aliphatic heterocycles. The number of fused-ring (bicyclic) bond motifs is 1. The monoisotopic (exact) mass is 334 g/mol. The first-order valence-electron chi connectivity index (χ1n) is 9.61. The van der Waals surface area contributed by atoms with Crippen LogP contribution in [0.3, 0.4) is 0 Å². The quantitative estimate of drug-likeness (QED) is 0.632. The average Bonchev–Trinajstić information content (AvgIpc) is 2.59. The van der Waals surface area contributed by atoms with E-state index in [-0.39, 0.29) is 6.47 Å². The van der Waals surface area contributed by atoms with Crippen molar-refractivity contribution in [3.05, 3.63) is 34.9 Å². The first-order valence-corrected chi connectivity index (χ1v) is 9.61. The summed E-state index contributed by atoms with van der Waals surface area (Å²) in [5.74, 6) is 1.46. The van der Waals surface area contributed by atoms with Crippen molar-refractivity contribution in [2.75, 3.05) is 0 Å². The maximum atomic E-state index is 8.36. The molecule has 1 aliphatic carbocycles. The lowest BCUT2D eigenvalue weighted by molar-refractivity contribution is -0.122. The summed E-state index contributed by atoms with van der Waals surface area (Å²) in [5, 5.41) is 6.89. The van der Waals surface area contributed by atoms with Crippen LogP contribution in [0.5, 0.6) is 0 Å². The summed E-state index contributed by atoms with van der Waals surface area (Å²) < 4.78 is 0. The fraction of sp³-hybridized carbons (Fsp3) is 0.682. The molecule has 0 saturated carbocycles. The van der Waals surface area contributed by atoms with Crippen molar-refractivity contribution in [1.29, 1.82) is 0 Å². The van der Waals surface area contributed by atoms with Crippen molar-refractivity contribution in [3.63, 3.8) is 0 Å². The maximum Gasteiger partial charge on any atom is 0.290 e. The van der Waals surface area contributed by atoms with Gasteiger partial charge in [0.2, 0.25) is 0 Å². The number of hydrogen-bond acceptors (Lipinski definition) is 1. The summed E-state index contributed by atoms with van der Waals surface area (Å²) >= 11 is 0. The highest BCUT2D eigenvalue weighted by molar-refractivity contribution is 5.40. The molecule has 1 aromatic carbocycles. The van der Waals surface area contributed by atoms with Gasteiger partial charge in [-0.25, -0.2) is 0 Å². The van der Waals surface area contributed by atoms with E-state index in [1.807, 2.05) is 13.8 Å². The van der Waals surface area contributed by atoms with Gasteiger partial charge in [0.05, 0.1) is 0 Å². The highest BCUT2D eigenvalue weighted by atomic mass is 16.3. The Morgan fingerprint density at radius 2 is 1.92 bits per heavy atom. The highest BCUT2D eigenvalue weighted by Gasteiger charge is 2.37. The van der Waals surface area contributed by atoms with E-state index in [2.05, 4.69) is 52.8 Å². The van der Waals surface area contributed by atoms with Gasteiger partial charge in [-0.1, -0.05) is 79.5 Å².